The summed E-state index contributed by atoms with van der Waals surface area (Å²) < 4.78 is 43.5. The molecule has 1 heterocycles. The molecule has 2 bridgehead atoms. The van der Waals surface area contributed by atoms with Gasteiger partial charge in [-0.1, -0.05) is 12.1 Å². The highest BCUT2D eigenvalue weighted by Crippen LogP contribution is 2.59. The van der Waals surface area contributed by atoms with Gasteiger partial charge in [-0.05, 0) is 54.7 Å². The predicted octanol–water partition coefficient (Wildman–Crippen LogP) is 4.47. The second-order valence-electron chi connectivity index (χ2n) is 9.27. The van der Waals surface area contributed by atoms with Gasteiger partial charge in [-0.25, -0.2) is 4.79 Å². The Morgan fingerprint density at radius 2 is 1.59 bits per heavy atom. The van der Waals surface area contributed by atoms with Gasteiger partial charge in [0.05, 0.1) is 39.4 Å². The van der Waals surface area contributed by atoms with E-state index in [1.807, 2.05) is 0 Å². The number of fused-ring (bicyclic) bond motifs is 5. The van der Waals surface area contributed by atoms with E-state index in [4.69, 9.17) is 27.9 Å². The van der Waals surface area contributed by atoms with Gasteiger partial charge in [0.2, 0.25) is 11.8 Å². The van der Waals surface area contributed by atoms with Gasteiger partial charge in [0.1, 0.15) is 0 Å². The Balaban J connectivity index is 1.24. The van der Waals surface area contributed by atoms with E-state index in [9.17, 15) is 32.3 Å². The number of rotatable bonds is 5. The average Bonchev–Trinajstić information content (AvgIpc) is 3.47. The minimum Gasteiger partial charge on any atom is -0.452 e. The molecule has 1 saturated heterocycles. The Labute approximate surface area is 218 Å². The van der Waals surface area contributed by atoms with Crippen LogP contribution in [0.3, 0.4) is 0 Å². The molecule has 7 nitrogen and oxygen atoms in total. The molecule has 3 amide bonds. The lowest BCUT2D eigenvalue weighted by atomic mass is 9.80. The Bertz CT molecular complexity index is 1270. The SMILES string of the molecule is O=C(COC(=O)c1cccc(N2C(=O)[C@@H]3[C@H]4C[C@@H]([C@H](Cl)[C@H]4Cl)[C@@H]3C2=O)c1)Nc1cccc(C(F)(F)F)c1. The van der Waals surface area contributed by atoms with Gasteiger partial charge >= 0.3 is 12.1 Å². The quantitative estimate of drug-likeness (QED) is 0.334. The zero-order valence-electron chi connectivity index (χ0n) is 18.9. The molecular weight excluding hydrogens is 536 g/mol. The summed E-state index contributed by atoms with van der Waals surface area (Å²) in [7, 11) is 0. The number of carbonyl (C=O) groups excluding carboxylic acids is 4. The van der Waals surface area contributed by atoms with E-state index in [0.29, 0.717) is 6.42 Å². The molecule has 3 fully saturated rings. The number of benzene rings is 2. The number of amides is 3. The minimum absolute atomic E-state index is 0.0181. The Morgan fingerprint density at radius 3 is 2.22 bits per heavy atom. The largest absolute Gasteiger partial charge is 0.452 e. The van der Waals surface area contributed by atoms with Crippen molar-refractivity contribution in [3.63, 3.8) is 0 Å². The first-order valence-corrected chi connectivity index (χ1v) is 12.2. The van der Waals surface area contributed by atoms with Gasteiger partial charge in [0.25, 0.3) is 5.91 Å². The van der Waals surface area contributed by atoms with Crippen LogP contribution in [0.4, 0.5) is 24.5 Å². The summed E-state index contributed by atoms with van der Waals surface area (Å²) >= 11 is 12.8. The molecule has 6 atom stereocenters. The number of imide groups is 1. The second-order valence-corrected chi connectivity index (χ2v) is 10.3. The Kier molecular flexibility index (Phi) is 6.44. The van der Waals surface area contributed by atoms with Gasteiger partial charge in [0, 0.05) is 5.69 Å². The lowest BCUT2D eigenvalue weighted by Crippen LogP contribution is -2.37. The molecule has 2 aromatic carbocycles. The Morgan fingerprint density at radius 1 is 0.973 bits per heavy atom. The molecule has 0 aromatic heterocycles. The van der Waals surface area contributed by atoms with E-state index >= 15 is 0 Å². The van der Waals surface area contributed by atoms with E-state index in [-0.39, 0.29) is 40.6 Å². The predicted molar refractivity (Wildman–Crippen MR) is 127 cm³/mol. The average molecular weight is 555 g/mol. The maximum atomic E-state index is 13.2. The van der Waals surface area contributed by atoms with Crippen molar-refractivity contribution in [3.8, 4) is 0 Å². The van der Waals surface area contributed by atoms with Crippen LogP contribution in [0.25, 0.3) is 0 Å². The summed E-state index contributed by atoms with van der Waals surface area (Å²) in [6, 6.07) is 9.68. The van der Waals surface area contributed by atoms with Gasteiger partial charge in [-0.15, -0.1) is 23.2 Å². The van der Waals surface area contributed by atoms with E-state index in [1.54, 1.807) is 0 Å². The molecule has 3 aliphatic rings. The van der Waals surface area contributed by atoms with Crippen molar-refractivity contribution in [1.29, 1.82) is 0 Å². The van der Waals surface area contributed by atoms with Gasteiger partial charge in [-0.3, -0.25) is 19.3 Å². The first kappa shape index (κ1) is 25.5. The van der Waals surface area contributed by atoms with Crippen molar-refractivity contribution in [2.24, 2.45) is 23.7 Å². The zero-order valence-corrected chi connectivity index (χ0v) is 20.4. The highest BCUT2D eigenvalue weighted by Gasteiger charge is 2.67. The molecule has 0 spiro atoms. The molecule has 37 heavy (non-hydrogen) atoms. The van der Waals surface area contributed by atoms with Crippen LogP contribution in [0.5, 0.6) is 0 Å². The summed E-state index contributed by atoms with van der Waals surface area (Å²) in [5.41, 5.74) is -0.883. The number of halogens is 5. The van der Waals surface area contributed by atoms with Gasteiger partial charge in [-0.2, -0.15) is 13.2 Å². The lowest BCUT2D eigenvalue weighted by Gasteiger charge is -2.28. The van der Waals surface area contributed by atoms with E-state index in [2.05, 4.69) is 5.32 Å². The van der Waals surface area contributed by atoms with Crippen molar-refractivity contribution in [2.45, 2.75) is 23.4 Å². The Hall–Kier alpha value is -3.11. The molecule has 2 aromatic rings. The third-order valence-electron chi connectivity index (χ3n) is 7.14. The summed E-state index contributed by atoms with van der Waals surface area (Å²) in [5.74, 6) is -4.01. The second kappa shape index (κ2) is 9.33. The fourth-order valence-electron chi connectivity index (χ4n) is 5.56. The van der Waals surface area contributed by atoms with Gasteiger partial charge < -0.3 is 10.1 Å². The number of ether oxygens (including phenoxy) is 1. The smallest absolute Gasteiger partial charge is 0.416 e. The normalized spacial score (nSPS) is 28.4. The lowest BCUT2D eigenvalue weighted by molar-refractivity contribution is -0.137. The third-order valence-corrected chi connectivity index (χ3v) is 8.45. The topological polar surface area (TPSA) is 92.8 Å². The number of nitrogens with one attached hydrogen (secondary N) is 1. The van der Waals surface area contributed by atoms with Crippen molar-refractivity contribution in [3.05, 3.63) is 59.7 Å². The number of hydrogen-bond acceptors (Lipinski definition) is 5. The van der Waals surface area contributed by atoms with E-state index in [0.717, 1.165) is 23.1 Å². The van der Waals surface area contributed by atoms with Crippen LogP contribution < -0.4 is 10.2 Å². The molecule has 1 aliphatic heterocycles. The van der Waals surface area contributed by atoms with E-state index < -0.39 is 52.8 Å². The molecule has 0 radical (unpaired) electrons. The molecule has 5 rings (SSSR count). The first-order valence-electron chi connectivity index (χ1n) is 11.4. The molecule has 194 valence electrons. The molecular formula is C25H19Cl2F3N2O5. The molecule has 0 unspecified atom stereocenters. The minimum atomic E-state index is -4.58. The van der Waals surface area contributed by atoms with Crippen molar-refractivity contribution < 1.29 is 37.1 Å². The van der Waals surface area contributed by atoms with Crippen LogP contribution in [-0.2, 0) is 25.3 Å². The fraction of sp³-hybridized carbons (Fsp3) is 0.360. The number of alkyl halides is 5. The van der Waals surface area contributed by atoms with Crippen LogP contribution in [0, 0.1) is 23.7 Å². The maximum Gasteiger partial charge on any atom is 0.416 e. The molecule has 12 heteroatoms. The monoisotopic (exact) mass is 554 g/mol. The summed E-state index contributed by atoms with van der Waals surface area (Å²) in [6.45, 7) is -0.761. The zero-order chi connectivity index (χ0) is 26.6. The number of nitrogens with zero attached hydrogens (tertiary/aromatic N) is 1. The van der Waals surface area contributed by atoms with Crippen LogP contribution >= 0.6 is 23.2 Å². The number of hydrogen-bond donors (Lipinski definition) is 1. The number of esters is 1. The van der Waals surface area contributed by atoms with Crippen LogP contribution in [0.15, 0.2) is 48.5 Å². The number of anilines is 2. The van der Waals surface area contributed by atoms with Crippen molar-refractivity contribution in [2.75, 3.05) is 16.8 Å². The van der Waals surface area contributed by atoms with E-state index in [1.165, 1.54) is 30.3 Å². The molecule has 2 saturated carbocycles. The van der Waals surface area contributed by atoms with Crippen molar-refractivity contribution >= 4 is 58.3 Å². The maximum absolute atomic E-state index is 13.2. The highest BCUT2D eigenvalue weighted by molar-refractivity contribution is 6.32. The molecule has 1 N–H and O–H groups in total. The summed E-state index contributed by atoms with van der Waals surface area (Å²) in [4.78, 5) is 52.0. The summed E-state index contributed by atoms with van der Waals surface area (Å²) in [6.07, 6.45) is -3.95. The first-order chi connectivity index (χ1) is 17.5. The van der Waals surface area contributed by atoms with Crippen LogP contribution in [0.2, 0.25) is 0 Å². The fourth-order valence-corrected chi connectivity index (χ4v) is 6.45. The highest BCUT2D eigenvalue weighted by atomic mass is 35.5. The van der Waals surface area contributed by atoms with Crippen molar-refractivity contribution in [1.82, 2.24) is 0 Å². The molecule has 2 aliphatic carbocycles. The van der Waals surface area contributed by atoms with Crippen LogP contribution in [0.1, 0.15) is 22.3 Å². The summed E-state index contributed by atoms with van der Waals surface area (Å²) in [5, 5.41) is 1.45. The third kappa shape index (κ3) is 4.46. The van der Waals surface area contributed by atoms with Crippen LogP contribution in [-0.4, -0.2) is 41.1 Å². The van der Waals surface area contributed by atoms with Gasteiger partial charge in [0.15, 0.2) is 6.61 Å². The number of carbonyl (C=O) groups is 4. The standard InChI is InChI=1S/C25H19Cl2F3N2O5/c26-20-15-9-16(21(20)27)19-18(15)22(34)32(23(19)35)14-6-1-3-11(7-14)24(36)37-10-17(33)31-13-5-2-4-12(8-13)25(28,29)30/h1-8,15-16,18-21H,9-10H2,(H,31,33)/t15-,16-,18-,19+,20+,21+/m1/s1.